The molecule has 3 nitrogen and oxygen atoms in total. The van der Waals surface area contributed by atoms with Crippen molar-refractivity contribution < 1.29 is 9.18 Å². The normalized spacial score (nSPS) is 23.2. The van der Waals surface area contributed by atoms with Crippen LogP contribution in [0.1, 0.15) is 25.7 Å². The highest BCUT2D eigenvalue weighted by Gasteiger charge is 2.24. The van der Waals surface area contributed by atoms with Gasteiger partial charge < -0.3 is 11.1 Å². The van der Waals surface area contributed by atoms with E-state index >= 15 is 0 Å². The lowest BCUT2D eigenvalue weighted by molar-refractivity contribution is -0.120. The summed E-state index contributed by atoms with van der Waals surface area (Å²) in [5, 5.41) is 2.51. The maximum Gasteiger partial charge on any atom is 0.227 e. The molecule has 1 aromatic rings. The first-order valence-corrected chi connectivity index (χ1v) is 6.94. The molecule has 0 heterocycles. The molecule has 1 aromatic carbocycles. The van der Waals surface area contributed by atoms with Crippen molar-refractivity contribution in [2.45, 2.75) is 31.7 Å². The maximum atomic E-state index is 13.3. The molecule has 0 atom stereocenters. The summed E-state index contributed by atoms with van der Waals surface area (Å²) in [6.45, 7) is 0. The number of rotatable bonds is 2. The van der Waals surface area contributed by atoms with Gasteiger partial charge in [-0.15, -0.1) is 0 Å². The Morgan fingerprint density at radius 3 is 2.26 bits per heavy atom. The summed E-state index contributed by atoms with van der Waals surface area (Å²) >= 11 is 11.4. The molecule has 0 unspecified atom stereocenters. The summed E-state index contributed by atoms with van der Waals surface area (Å²) in [6.07, 6.45) is 3.25. The second kappa shape index (κ2) is 6.07. The topological polar surface area (TPSA) is 55.1 Å². The van der Waals surface area contributed by atoms with Crippen LogP contribution in [0.5, 0.6) is 0 Å². The van der Waals surface area contributed by atoms with Crippen LogP contribution in [0.25, 0.3) is 0 Å². The van der Waals surface area contributed by atoms with Gasteiger partial charge >= 0.3 is 0 Å². The Labute approximate surface area is 121 Å². The molecule has 104 valence electrons. The van der Waals surface area contributed by atoms with Gasteiger partial charge in [-0.05, 0) is 37.8 Å². The van der Waals surface area contributed by atoms with Crippen molar-refractivity contribution in [3.05, 3.63) is 28.0 Å². The third-order valence-corrected chi connectivity index (χ3v) is 3.94. The molecule has 0 radical (unpaired) electrons. The van der Waals surface area contributed by atoms with E-state index in [1.165, 1.54) is 12.1 Å². The minimum Gasteiger partial charge on any atom is -0.328 e. The van der Waals surface area contributed by atoms with E-state index in [1.807, 2.05) is 0 Å². The predicted octanol–water partition coefficient (Wildman–Crippen LogP) is 3.59. The molecule has 3 N–H and O–H groups in total. The van der Waals surface area contributed by atoms with Crippen LogP contribution >= 0.6 is 23.2 Å². The molecular formula is C13H15Cl2FN2O. The second-order valence-corrected chi connectivity index (χ2v) is 5.67. The van der Waals surface area contributed by atoms with E-state index in [2.05, 4.69) is 5.32 Å². The number of halogens is 3. The van der Waals surface area contributed by atoms with Crippen LogP contribution in [-0.4, -0.2) is 11.9 Å². The van der Waals surface area contributed by atoms with Gasteiger partial charge in [-0.25, -0.2) is 4.39 Å². The molecule has 19 heavy (non-hydrogen) atoms. The van der Waals surface area contributed by atoms with E-state index in [-0.39, 0.29) is 27.9 Å². The lowest BCUT2D eigenvalue weighted by Gasteiger charge is -2.25. The van der Waals surface area contributed by atoms with Crippen LogP contribution in [0.2, 0.25) is 10.0 Å². The number of nitrogens with two attached hydrogens (primary N) is 1. The Balaban J connectivity index is 2.03. The van der Waals surface area contributed by atoms with Gasteiger partial charge in [0.2, 0.25) is 5.91 Å². The first kappa shape index (κ1) is 14.6. The fourth-order valence-corrected chi connectivity index (χ4v) is 2.74. The molecule has 0 spiro atoms. The highest BCUT2D eigenvalue weighted by Crippen LogP contribution is 2.29. The van der Waals surface area contributed by atoms with E-state index < -0.39 is 5.82 Å². The van der Waals surface area contributed by atoms with Crippen molar-refractivity contribution in [3.8, 4) is 0 Å². The van der Waals surface area contributed by atoms with Crippen molar-refractivity contribution in [3.63, 3.8) is 0 Å². The van der Waals surface area contributed by atoms with E-state index in [4.69, 9.17) is 28.9 Å². The van der Waals surface area contributed by atoms with Crippen LogP contribution in [-0.2, 0) is 4.79 Å². The monoisotopic (exact) mass is 304 g/mol. The van der Waals surface area contributed by atoms with Crippen molar-refractivity contribution in [2.24, 2.45) is 11.7 Å². The van der Waals surface area contributed by atoms with Gasteiger partial charge in [-0.3, -0.25) is 4.79 Å². The van der Waals surface area contributed by atoms with Crippen molar-refractivity contribution >= 4 is 34.8 Å². The summed E-state index contributed by atoms with van der Waals surface area (Å²) in [5.74, 6) is -0.821. The molecule has 6 heteroatoms. The molecule has 1 amide bonds. The second-order valence-electron chi connectivity index (χ2n) is 4.85. The number of benzene rings is 1. The Morgan fingerprint density at radius 1 is 1.21 bits per heavy atom. The fraction of sp³-hybridized carbons (Fsp3) is 0.462. The number of hydrogen-bond acceptors (Lipinski definition) is 2. The van der Waals surface area contributed by atoms with Gasteiger partial charge in [0, 0.05) is 17.6 Å². The highest BCUT2D eigenvalue weighted by molar-refractivity contribution is 6.35. The molecule has 2 rings (SSSR count). The lowest BCUT2D eigenvalue weighted by Crippen LogP contribution is -2.32. The molecule has 1 saturated carbocycles. The summed E-state index contributed by atoms with van der Waals surface area (Å²) in [6, 6.07) is 2.91. The lowest BCUT2D eigenvalue weighted by atomic mass is 9.86. The maximum absolute atomic E-state index is 13.3. The smallest absolute Gasteiger partial charge is 0.227 e. The fourth-order valence-electron chi connectivity index (χ4n) is 2.25. The van der Waals surface area contributed by atoms with E-state index in [0.29, 0.717) is 5.69 Å². The van der Waals surface area contributed by atoms with Gasteiger partial charge in [0.15, 0.2) is 5.82 Å². The molecule has 1 aliphatic carbocycles. The Hall–Kier alpha value is -0.840. The molecule has 1 fully saturated rings. The zero-order valence-corrected chi connectivity index (χ0v) is 11.8. The number of carbonyl (C=O) groups is 1. The SMILES string of the molecule is NC1CCC(C(=O)Nc2cc(Cl)c(F)c(Cl)c2)CC1. The Bertz CT molecular complexity index is 465. The predicted molar refractivity (Wildman–Crippen MR) is 75.0 cm³/mol. The summed E-state index contributed by atoms with van der Waals surface area (Å²) in [4.78, 5) is 12.0. The van der Waals surface area contributed by atoms with Crippen LogP contribution in [0.15, 0.2) is 12.1 Å². The van der Waals surface area contributed by atoms with Crippen molar-refractivity contribution in [1.82, 2.24) is 0 Å². The van der Waals surface area contributed by atoms with Crippen LogP contribution in [0.3, 0.4) is 0 Å². The number of carbonyl (C=O) groups excluding carboxylic acids is 1. The Morgan fingerprint density at radius 2 is 1.74 bits per heavy atom. The third kappa shape index (κ3) is 3.59. The average molecular weight is 305 g/mol. The van der Waals surface area contributed by atoms with Gasteiger partial charge in [0.05, 0.1) is 10.0 Å². The van der Waals surface area contributed by atoms with E-state index in [1.54, 1.807) is 0 Å². The third-order valence-electron chi connectivity index (χ3n) is 3.39. The van der Waals surface area contributed by atoms with Crippen molar-refractivity contribution in [2.75, 3.05) is 5.32 Å². The quantitative estimate of drug-likeness (QED) is 0.820. The van der Waals surface area contributed by atoms with Gasteiger partial charge in [-0.1, -0.05) is 23.2 Å². The zero-order chi connectivity index (χ0) is 14.0. The minimum absolute atomic E-state index is 0.0533. The van der Waals surface area contributed by atoms with Crippen molar-refractivity contribution in [1.29, 1.82) is 0 Å². The number of amides is 1. The summed E-state index contributed by atoms with van der Waals surface area (Å²) in [5.41, 5.74) is 6.21. The summed E-state index contributed by atoms with van der Waals surface area (Å²) in [7, 11) is 0. The first-order chi connectivity index (χ1) is 8.97. The number of anilines is 1. The highest BCUT2D eigenvalue weighted by atomic mass is 35.5. The minimum atomic E-state index is -0.676. The molecule has 1 aliphatic rings. The van der Waals surface area contributed by atoms with Gasteiger partial charge in [0.1, 0.15) is 0 Å². The van der Waals surface area contributed by atoms with Crippen LogP contribution < -0.4 is 11.1 Å². The average Bonchev–Trinajstić information content (AvgIpc) is 2.36. The van der Waals surface area contributed by atoms with E-state index in [9.17, 15) is 9.18 Å². The Kier molecular flexibility index (Phi) is 4.66. The standard InChI is InChI=1S/C13H15Cl2FN2O/c14-10-5-9(6-11(15)12(10)16)18-13(19)7-1-3-8(17)4-2-7/h5-8H,1-4,17H2,(H,18,19). The van der Waals surface area contributed by atoms with Crippen LogP contribution in [0.4, 0.5) is 10.1 Å². The molecule has 0 bridgehead atoms. The summed E-state index contributed by atoms with van der Waals surface area (Å²) < 4.78 is 13.3. The molecule has 0 aromatic heterocycles. The molecule has 0 aliphatic heterocycles. The number of hydrogen-bond donors (Lipinski definition) is 2. The van der Waals surface area contributed by atoms with Gasteiger partial charge in [-0.2, -0.15) is 0 Å². The zero-order valence-electron chi connectivity index (χ0n) is 10.3. The first-order valence-electron chi connectivity index (χ1n) is 6.18. The van der Waals surface area contributed by atoms with Gasteiger partial charge in [0.25, 0.3) is 0 Å². The van der Waals surface area contributed by atoms with E-state index in [0.717, 1.165) is 25.7 Å². The van der Waals surface area contributed by atoms with Crippen LogP contribution in [0, 0.1) is 11.7 Å². The largest absolute Gasteiger partial charge is 0.328 e. The molecule has 0 saturated heterocycles. The molecular weight excluding hydrogens is 290 g/mol. The number of nitrogens with one attached hydrogen (secondary N) is 1.